The zero-order chi connectivity index (χ0) is 12.5. The van der Waals surface area contributed by atoms with Crippen molar-refractivity contribution in [2.24, 2.45) is 5.73 Å². The molecular weight excluding hydrogens is 228 g/mol. The Morgan fingerprint density at radius 3 is 2.88 bits per heavy atom. The first-order valence-corrected chi connectivity index (χ1v) is 7.23. The highest BCUT2D eigenvalue weighted by atomic mass is 32.2. The summed E-state index contributed by atoms with van der Waals surface area (Å²) in [7, 11) is 2.13. The molecule has 2 nitrogen and oxygen atoms in total. The minimum Gasteiger partial charge on any atom is -0.368 e. The number of anilines is 1. The second-order valence-electron chi connectivity index (χ2n) is 5.32. The van der Waals surface area contributed by atoms with Crippen LogP contribution in [0, 0.1) is 0 Å². The van der Waals surface area contributed by atoms with Gasteiger partial charge in [0, 0.05) is 29.7 Å². The van der Waals surface area contributed by atoms with Gasteiger partial charge in [-0.1, -0.05) is 0 Å². The number of nitrogens with two attached hydrogens (primary N) is 1. The van der Waals surface area contributed by atoms with Crippen molar-refractivity contribution in [2.75, 3.05) is 24.2 Å². The maximum Gasteiger partial charge on any atom is 0.0464 e. The largest absolute Gasteiger partial charge is 0.368 e. The van der Waals surface area contributed by atoms with Gasteiger partial charge in [0.25, 0.3) is 0 Å². The van der Waals surface area contributed by atoms with Crippen LogP contribution in [0.1, 0.15) is 25.8 Å². The molecule has 3 heteroatoms. The fourth-order valence-corrected chi connectivity index (χ4v) is 3.06. The summed E-state index contributed by atoms with van der Waals surface area (Å²) in [6, 6.07) is 6.81. The van der Waals surface area contributed by atoms with E-state index in [1.54, 1.807) is 0 Å². The van der Waals surface area contributed by atoms with Crippen LogP contribution in [-0.2, 0) is 6.42 Å². The molecule has 1 aliphatic heterocycles. The van der Waals surface area contributed by atoms with Gasteiger partial charge in [-0.3, -0.25) is 0 Å². The quantitative estimate of drug-likeness (QED) is 0.894. The van der Waals surface area contributed by atoms with E-state index in [2.05, 4.69) is 44.0 Å². The van der Waals surface area contributed by atoms with E-state index in [0.29, 0.717) is 6.54 Å². The van der Waals surface area contributed by atoms with Crippen LogP contribution >= 0.6 is 11.8 Å². The normalized spacial score (nSPS) is 15.5. The summed E-state index contributed by atoms with van der Waals surface area (Å²) in [4.78, 5) is 3.74. The van der Waals surface area contributed by atoms with Gasteiger partial charge < -0.3 is 10.6 Å². The third kappa shape index (κ3) is 2.61. The van der Waals surface area contributed by atoms with Crippen LogP contribution in [0.4, 0.5) is 5.69 Å². The number of hydrogen-bond acceptors (Lipinski definition) is 3. The molecule has 2 N–H and O–H groups in total. The summed E-state index contributed by atoms with van der Waals surface area (Å²) in [5, 5.41) is 0. The Labute approximate surface area is 109 Å². The first-order chi connectivity index (χ1) is 8.04. The number of fused-ring (bicyclic) bond motifs is 1. The Kier molecular flexibility index (Phi) is 3.69. The van der Waals surface area contributed by atoms with Crippen molar-refractivity contribution in [2.45, 2.75) is 37.1 Å². The van der Waals surface area contributed by atoms with E-state index < -0.39 is 0 Å². The molecule has 0 unspecified atom stereocenters. The van der Waals surface area contributed by atoms with E-state index in [1.165, 1.54) is 34.7 Å². The highest BCUT2D eigenvalue weighted by Crippen LogP contribution is 2.33. The molecule has 0 saturated heterocycles. The molecule has 0 atom stereocenters. The monoisotopic (exact) mass is 250 g/mol. The maximum absolute atomic E-state index is 5.84. The van der Waals surface area contributed by atoms with Gasteiger partial charge in [0.05, 0.1) is 0 Å². The number of thioether (sulfide) groups is 1. The predicted molar refractivity (Wildman–Crippen MR) is 77.0 cm³/mol. The Hall–Kier alpha value is -0.670. The summed E-state index contributed by atoms with van der Waals surface area (Å²) in [6.07, 6.45) is 2.51. The van der Waals surface area contributed by atoms with Gasteiger partial charge in [-0.2, -0.15) is 0 Å². The fraction of sp³-hybridized carbons (Fsp3) is 0.571. The van der Waals surface area contributed by atoms with Gasteiger partial charge in [-0.15, -0.1) is 11.8 Å². The van der Waals surface area contributed by atoms with Gasteiger partial charge in [0.1, 0.15) is 0 Å². The third-order valence-corrected chi connectivity index (χ3v) is 4.89. The van der Waals surface area contributed by atoms with Crippen molar-refractivity contribution in [1.29, 1.82) is 0 Å². The highest BCUT2D eigenvalue weighted by molar-refractivity contribution is 7.99. The van der Waals surface area contributed by atoms with Crippen LogP contribution in [0.15, 0.2) is 23.1 Å². The standard InChI is InChI=1S/C14H22N2S/c1-14(2,10-15)16(3)12-6-7-13-11(9-12)5-4-8-17-13/h6-7,9H,4-5,8,10,15H2,1-3H3. The smallest absolute Gasteiger partial charge is 0.0464 e. The van der Waals surface area contributed by atoms with Crippen LogP contribution in [0.2, 0.25) is 0 Å². The van der Waals surface area contributed by atoms with Crippen LogP contribution < -0.4 is 10.6 Å². The molecule has 94 valence electrons. The van der Waals surface area contributed by atoms with Gasteiger partial charge in [-0.05, 0) is 56.2 Å². The van der Waals surface area contributed by atoms with E-state index in [-0.39, 0.29) is 5.54 Å². The van der Waals surface area contributed by atoms with Gasteiger partial charge in [0.2, 0.25) is 0 Å². The number of hydrogen-bond donors (Lipinski definition) is 1. The number of aryl methyl sites for hydroxylation is 1. The van der Waals surface area contributed by atoms with E-state index in [4.69, 9.17) is 5.73 Å². The van der Waals surface area contributed by atoms with Gasteiger partial charge in [0.15, 0.2) is 0 Å². The minimum atomic E-state index is 0.00997. The van der Waals surface area contributed by atoms with Crippen LogP contribution in [-0.4, -0.2) is 24.9 Å². The topological polar surface area (TPSA) is 29.3 Å². The van der Waals surface area contributed by atoms with Crippen molar-refractivity contribution in [3.8, 4) is 0 Å². The molecule has 0 bridgehead atoms. The lowest BCUT2D eigenvalue weighted by Gasteiger charge is -2.37. The number of benzene rings is 1. The van der Waals surface area contributed by atoms with E-state index in [1.807, 2.05) is 11.8 Å². The molecule has 0 radical (unpaired) electrons. The molecule has 0 aliphatic carbocycles. The number of rotatable bonds is 3. The predicted octanol–water partition coefficient (Wildman–Crippen LogP) is 2.90. The zero-order valence-corrected chi connectivity index (χ0v) is 11.8. The maximum atomic E-state index is 5.84. The summed E-state index contributed by atoms with van der Waals surface area (Å²) in [5.41, 5.74) is 8.62. The lowest BCUT2D eigenvalue weighted by Crippen LogP contribution is -2.47. The van der Waals surface area contributed by atoms with Crippen molar-refractivity contribution in [1.82, 2.24) is 0 Å². The number of nitrogens with zero attached hydrogens (tertiary/aromatic N) is 1. The summed E-state index contributed by atoms with van der Waals surface area (Å²) in [6.45, 7) is 5.03. The molecule has 0 aromatic heterocycles. The summed E-state index contributed by atoms with van der Waals surface area (Å²) >= 11 is 1.98. The average molecular weight is 250 g/mol. The molecule has 17 heavy (non-hydrogen) atoms. The SMILES string of the molecule is CN(c1ccc2c(c1)CCCS2)C(C)(C)CN. The molecular formula is C14H22N2S. The van der Waals surface area contributed by atoms with Crippen molar-refractivity contribution < 1.29 is 0 Å². The second kappa shape index (κ2) is 4.91. The van der Waals surface area contributed by atoms with Crippen LogP contribution in [0.3, 0.4) is 0 Å². The third-order valence-electron chi connectivity index (χ3n) is 3.69. The lowest BCUT2D eigenvalue weighted by atomic mass is 10.0. The van der Waals surface area contributed by atoms with E-state index in [0.717, 1.165) is 0 Å². The molecule has 0 saturated carbocycles. The molecule has 1 aromatic carbocycles. The summed E-state index contributed by atoms with van der Waals surface area (Å²) in [5.74, 6) is 1.26. The lowest BCUT2D eigenvalue weighted by molar-refractivity contribution is 0.498. The number of likely N-dealkylation sites (N-methyl/N-ethyl adjacent to an activating group) is 1. The Balaban J connectivity index is 2.28. The highest BCUT2D eigenvalue weighted by Gasteiger charge is 2.22. The summed E-state index contributed by atoms with van der Waals surface area (Å²) < 4.78 is 0. The van der Waals surface area contributed by atoms with E-state index in [9.17, 15) is 0 Å². The van der Waals surface area contributed by atoms with Crippen LogP contribution in [0.25, 0.3) is 0 Å². The van der Waals surface area contributed by atoms with Crippen LogP contribution in [0.5, 0.6) is 0 Å². The Morgan fingerprint density at radius 1 is 1.41 bits per heavy atom. The van der Waals surface area contributed by atoms with Crippen molar-refractivity contribution in [3.05, 3.63) is 23.8 Å². The molecule has 0 amide bonds. The molecule has 0 fully saturated rings. The molecule has 2 rings (SSSR count). The average Bonchev–Trinajstić information content (AvgIpc) is 2.37. The van der Waals surface area contributed by atoms with E-state index >= 15 is 0 Å². The zero-order valence-electron chi connectivity index (χ0n) is 11.0. The molecule has 1 aliphatic rings. The molecule has 0 spiro atoms. The first-order valence-electron chi connectivity index (χ1n) is 6.24. The van der Waals surface area contributed by atoms with Crippen molar-refractivity contribution >= 4 is 17.4 Å². The first kappa shape index (κ1) is 12.8. The van der Waals surface area contributed by atoms with Gasteiger partial charge in [-0.25, -0.2) is 0 Å². The molecule has 1 aromatic rings. The minimum absolute atomic E-state index is 0.00997. The Morgan fingerprint density at radius 2 is 2.18 bits per heavy atom. The Bertz CT molecular complexity index is 401. The fourth-order valence-electron chi connectivity index (χ4n) is 2.04. The second-order valence-corrected chi connectivity index (χ2v) is 6.46. The van der Waals surface area contributed by atoms with Gasteiger partial charge >= 0.3 is 0 Å². The molecule has 1 heterocycles. The van der Waals surface area contributed by atoms with Crippen molar-refractivity contribution in [3.63, 3.8) is 0 Å².